The standard InChI is InChI=1S/C15H13ClN4S/c1-8-13(21-9(2)19-8)12-7-18-15(20-14(12)17)10-4-3-5-11(16)6-10/h3-7H,1-2H3,(H2,17,18,20). The van der Waals surface area contributed by atoms with Crippen LogP contribution in [0.15, 0.2) is 30.5 Å². The summed E-state index contributed by atoms with van der Waals surface area (Å²) in [6, 6.07) is 7.40. The van der Waals surface area contributed by atoms with Gasteiger partial charge in [0.2, 0.25) is 0 Å². The van der Waals surface area contributed by atoms with Gasteiger partial charge in [0.15, 0.2) is 5.82 Å². The van der Waals surface area contributed by atoms with Gasteiger partial charge in [0.25, 0.3) is 0 Å². The van der Waals surface area contributed by atoms with Crippen LogP contribution in [-0.4, -0.2) is 15.0 Å². The van der Waals surface area contributed by atoms with E-state index in [2.05, 4.69) is 15.0 Å². The van der Waals surface area contributed by atoms with E-state index in [-0.39, 0.29) is 0 Å². The number of thiazole rings is 1. The van der Waals surface area contributed by atoms with Gasteiger partial charge < -0.3 is 5.73 Å². The van der Waals surface area contributed by atoms with Gasteiger partial charge in [-0.1, -0.05) is 23.7 Å². The van der Waals surface area contributed by atoms with E-state index in [4.69, 9.17) is 17.3 Å². The molecule has 0 bridgehead atoms. The second-order valence-corrected chi connectivity index (χ2v) is 6.29. The Morgan fingerprint density at radius 2 is 2.00 bits per heavy atom. The van der Waals surface area contributed by atoms with Crippen LogP contribution in [0.5, 0.6) is 0 Å². The molecule has 0 amide bonds. The topological polar surface area (TPSA) is 64.7 Å². The summed E-state index contributed by atoms with van der Waals surface area (Å²) in [5.74, 6) is 1.02. The molecule has 6 heteroatoms. The van der Waals surface area contributed by atoms with Crippen molar-refractivity contribution in [2.75, 3.05) is 5.73 Å². The lowest BCUT2D eigenvalue weighted by Gasteiger charge is -2.06. The molecule has 0 saturated carbocycles. The largest absolute Gasteiger partial charge is 0.383 e. The van der Waals surface area contributed by atoms with Gasteiger partial charge in [-0.15, -0.1) is 11.3 Å². The van der Waals surface area contributed by atoms with Gasteiger partial charge in [0, 0.05) is 16.8 Å². The molecule has 21 heavy (non-hydrogen) atoms. The SMILES string of the molecule is Cc1nc(C)c(-c2cnc(-c3cccc(Cl)c3)nc2N)s1. The first kappa shape index (κ1) is 14.0. The fourth-order valence-corrected chi connectivity index (χ4v) is 3.25. The van der Waals surface area contributed by atoms with Crippen LogP contribution in [0.4, 0.5) is 5.82 Å². The first-order valence-electron chi connectivity index (χ1n) is 6.37. The van der Waals surface area contributed by atoms with Gasteiger partial charge >= 0.3 is 0 Å². The third-order valence-electron chi connectivity index (χ3n) is 3.05. The Hall–Kier alpha value is -1.98. The molecule has 0 atom stereocenters. The van der Waals surface area contributed by atoms with Crippen LogP contribution < -0.4 is 5.73 Å². The lowest BCUT2D eigenvalue weighted by molar-refractivity contribution is 1.17. The maximum Gasteiger partial charge on any atom is 0.161 e. The lowest BCUT2D eigenvalue weighted by atomic mass is 10.2. The maximum atomic E-state index is 6.10. The number of hydrogen-bond donors (Lipinski definition) is 1. The van der Waals surface area contributed by atoms with Crippen molar-refractivity contribution in [1.29, 1.82) is 0 Å². The van der Waals surface area contributed by atoms with E-state index in [9.17, 15) is 0 Å². The van der Waals surface area contributed by atoms with E-state index in [1.54, 1.807) is 17.5 Å². The minimum absolute atomic E-state index is 0.451. The second-order valence-electron chi connectivity index (χ2n) is 4.65. The molecule has 2 heterocycles. The molecule has 0 radical (unpaired) electrons. The molecule has 0 saturated heterocycles. The molecule has 2 N–H and O–H groups in total. The minimum atomic E-state index is 0.451. The highest BCUT2D eigenvalue weighted by atomic mass is 35.5. The number of aryl methyl sites for hydroxylation is 2. The Labute approximate surface area is 131 Å². The van der Waals surface area contributed by atoms with Crippen molar-refractivity contribution in [1.82, 2.24) is 15.0 Å². The van der Waals surface area contributed by atoms with Gasteiger partial charge in [-0.25, -0.2) is 15.0 Å². The third-order valence-corrected chi connectivity index (χ3v) is 4.39. The fraction of sp³-hybridized carbons (Fsp3) is 0.133. The molecular weight excluding hydrogens is 304 g/mol. The van der Waals surface area contributed by atoms with Crippen molar-refractivity contribution in [3.8, 4) is 21.8 Å². The third kappa shape index (κ3) is 2.75. The molecular formula is C15H13ClN4S. The van der Waals surface area contributed by atoms with E-state index < -0.39 is 0 Å². The molecule has 3 aromatic rings. The Bertz CT molecular complexity index is 813. The highest BCUT2D eigenvalue weighted by Crippen LogP contribution is 2.33. The summed E-state index contributed by atoms with van der Waals surface area (Å²) < 4.78 is 0. The summed E-state index contributed by atoms with van der Waals surface area (Å²) in [6.45, 7) is 3.93. The summed E-state index contributed by atoms with van der Waals surface area (Å²) in [5.41, 5.74) is 8.72. The first-order valence-corrected chi connectivity index (χ1v) is 7.57. The number of aromatic nitrogens is 3. The fourth-order valence-electron chi connectivity index (χ4n) is 2.12. The summed E-state index contributed by atoms with van der Waals surface area (Å²) in [4.78, 5) is 14.2. The maximum absolute atomic E-state index is 6.10. The number of anilines is 1. The smallest absolute Gasteiger partial charge is 0.161 e. The summed E-state index contributed by atoms with van der Waals surface area (Å²) >= 11 is 7.59. The Morgan fingerprint density at radius 3 is 2.62 bits per heavy atom. The number of nitrogens with zero attached hydrogens (tertiary/aromatic N) is 3. The number of rotatable bonds is 2. The molecule has 0 spiro atoms. The molecule has 0 aliphatic rings. The Balaban J connectivity index is 2.06. The van der Waals surface area contributed by atoms with Gasteiger partial charge in [0.1, 0.15) is 5.82 Å². The quantitative estimate of drug-likeness (QED) is 0.772. The Morgan fingerprint density at radius 1 is 1.19 bits per heavy atom. The van der Waals surface area contributed by atoms with Gasteiger partial charge in [0.05, 0.1) is 21.1 Å². The van der Waals surface area contributed by atoms with Crippen LogP contribution >= 0.6 is 22.9 Å². The van der Waals surface area contributed by atoms with Crippen LogP contribution in [0.2, 0.25) is 5.02 Å². The molecule has 106 valence electrons. The van der Waals surface area contributed by atoms with Crippen molar-refractivity contribution in [2.24, 2.45) is 0 Å². The number of nitrogens with two attached hydrogens (primary N) is 1. The normalized spacial score (nSPS) is 10.8. The average molecular weight is 317 g/mol. The lowest BCUT2D eigenvalue weighted by Crippen LogP contribution is -1.98. The molecule has 0 unspecified atom stereocenters. The number of benzene rings is 1. The highest BCUT2D eigenvalue weighted by Gasteiger charge is 2.13. The van der Waals surface area contributed by atoms with Crippen molar-refractivity contribution >= 4 is 28.8 Å². The molecule has 1 aromatic carbocycles. The van der Waals surface area contributed by atoms with Gasteiger partial charge in [-0.3, -0.25) is 0 Å². The highest BCUT2D eigenvalue weighted by molar-refractivity contribution is 7.15. The molecule has 0 aliphatic heterocycles. The zero-order valence-corrected chi connectivity index (χ0v) is 13.2. The predicted molar refractivity (Wildman–Crippen MR) is 87.5 cm³/mol. The van der Waals surface area contributed by atoms with E-state index in [1.165, 1.54) is 0 Å². The van der Waals surface area contributed by atoms with Crippen molar-refractivity contribution in [3.63, 3.8) is 0 Å². The molecule has 0 aliphatic carbocycles. The van der Waals surface area contributed by atoms with Crippen LogP contribution in [-0.2, 0) is 0 Å². The van der Waals surface area contributed by atoms with Crippen LogP contribution in [0.1, 0.15) is 10.7 Å². The van der Waals surface area contributed by atoms with E-state index in [1.807, 2.05) is 38.1 Å². The molecule has 2 aromatic heterocycles. The first-order chi connectivity index (χ1) is 10.0. The van der Waals surface area contributed by atoms with Crippen LogP contribution in [0, 0.1) is 13.8 Å². The number of nitrogen functional groups attached to an aromatic ring is 1. The summed E-state index contributed by atoms with van der Waals surface area (Å²) in [7, 11) is 0. The molecule has 4 nitrogen and oxygen atoms in total. The van der Waals surface area contributed by atoms with Crippen molar-refractivity contribution < 1.29 is 0 Å². The van der Waals surface area contributed by atoms with Crippen molar-refractivity contribution in [2.45, 2.75) is 13.8 Å². The monoisotopic (exact) mass is 316 g/mol. The zero-order valence-electron chi connectivity index (χ0n) is 11.6. The van der Waals surface area contributed by atoms with Crippen LogP contribution in [0.25, 0.3) is 21.8 Å². The number of hydrogen-bond acceptors (Lipinski definition) is 5. The summed E-state index contributed by atoms with van der Waals surface area (Å²) in [6.07, 6.45) is 1.75. The van der Waals surface area contributed by atoms with Crippen molar-refractivity contribution in [3.05, 3.63) is 46.2 Å². The summed E-state index contributed by atoms with van der Waals surface area (Å²) in [5, 5.41) is 1.65. The molecule has 3 rings (SSSR count). The zero-order chi connectivity index (χ0) is 15.0. The second kappa shape index (κ2) is 5.42. The van der Waals surface area contributed by atoms with Gasteiger partial charge in [-0.2, -0.15) is 0 Å². The van der Waals surface area contributed by atoms with E-state index >= 15 is 0 Å². The molecule has 0 fully saturated rings. The van der Waals surface area contributed by atoms with Crippen LogP contribution in [0.3, 0.4) is 0 Å². The van der Waals surface area contributed by atoms with Gasteiger partial charge in [-0.05, 0) is 26.0 Å². The number of halogens is 1. The predicted octanol–water partition coefficient (Wildman–Crippen LogP) is 4.12. The average Bonchev–Trinajstić information content (AvgIpc) is 2.77. The van der Waals surface area contributed by atoms with E-state index in [0.717, 1.165) is 26.7 Å². The minimum Gasteiger partial charge on any atom is -0.383 e. The Kier molecular flexibility index (Phi) is 3.61. The van der Waals surface area contributed by atoms with E-state index in [0.29, 0.717) is 16.7 Å².